The molecule has 0 amide bonds. The van der Waals surface area contributed by atoms with Crippen LogP contribution in [0.5, 0.6) is 0 Å². The molecular formula is C27H33Cl2N3. The van der Waals surface area contributed by atoms with E-state index in [2.05, 4.69) is 58.2 Å². The van der Waals surface area contributed by atoms with E-state index in [0.717, 1.165) is 39.3 Å². The maximum absolute atomic E-state index is 6.37. The van der Waals surface area contributed by atoms with Crippen LogP contribution >= 0.6 is 23.2 Å². The predicted molar refractivity (Wildman–Crippen MR) is 138 cm³/mol. The summed E-state index contributed by atoms with van der Waals surface area (Å²) in [5.41, 5.74) is 5.51. The molecule has 3 aliphatic rings. The van der Waals surface area contributed by atoms with Crippen molar-refractivity contribution in [2.75, 3.05) is 56.1 Å². The summed E-state index contributed by atoms with van der Waals surface area (Å²) in [5, 5.41) is 1.26. The minimum atomic E-state index is 0.625. The molecule has 2 atom stereocenters. The van der Waals surface area contributed by atoms with Crippen LogP contribution in [-0.2, 0) is 0 Å². The van der Waals surface area contributed by atoms with E-state index in [0.29, 0.717) is 21.9 Å². The number of rotatable bonds is 3. The number of piperazine rings is 1. The zero-order valence-corrected chi connectivity index (χ0v) is 20.5. The molecule has 2 saturated heterocycles. The van der Waals surface area contributed by atoms with Crippen LogP contribution < -0.4 is 9.80 Å². The molecule has 0 bridgehead atoms. The monoisotopic (exact) mass is 469 g/mol. The second-order valence-electron chi connectivity index (χ2n) is 9.70. The summed E-state index contributed by atoms with van der Waals surface area (Å²) in [6.07, 6.45) is 7.86. The Labute approximate surface area is 202 Å². The highest BCUT2D eigenvalue weighted by Gasteiger charge is 2.35. The van der Waals surface area contributed by atoms with E-state index < -0.39 is 0 Å². The third kappa shape index (κ3) is 4.66. The molecule has 2 aromatic rings. The van der Waals surface area contributed by atoms with Crippen molar-refractivity contribution < 1.29 is 0 Å². The van der Waals surface area contributed by atoms with E-state index >= 15 is 0 Å². The van der Waals surface area contributed by atoms with Crippen molar-refractivity contribution in [3.8, 4) is 0 Å². The van der Waals surface area contributed by atoms with Gasteiger partial charge in [-0.2, -0.15) is 0 Å². The second kappa shape index (κ2) is 9.67. The molecule has 1 aliphatic carbocycles. The van der Waals surface area contributed by atoms with Crippen LogP contribution in [0, 0.1) is 11.8 Å². The van der Waals surface area contributed by atoms with Crippen LogP contribution in [-0.4, -0.2) is 51.2 Å². The molecule has 1 saturated carbocycles. The number of hydrogen-bond donors (Lipinski definition) is 0. The number of hydrogen-bond acceptors (Lipinski definition) is 3. The molecule has 0 aromatic heterocycles. The van der Waals surface area contributed by atoms with E-state index in [9.17, 15) is 0 Å². The second-order valence-corrected chi connectivity index (χ2v) is 10.5. The lowest BCUT2D eigenvalue weighted by atomic mass is 9.72. The number of benzene rings is 2. The predicted octanol–water partition coefficient (Wildman–Crippen LogP) is 6.46. The normalized spacial score (nSPS) is 25.8. The summed E-state index contributed by atoms with van der Waals surface area (Å²) in [4.78, 5) is 7.49. The number of fused-ring (bicyclic) bond motifs is 1. The van der Waals surface area contributed by atoms with Crippen molar-refractivity contribution in [1.29, 1.82) is 0 Å². The average molecular weight is 470 g/mol. The fraction of sp³-hybridized carbons (Fsp3) is 0.481. The standard InChI is InChI=1S/C27H33Cl2N3/c1-30-12-14-31(15-13-30)27-9-5-3-6-20(27)16-22-19-32(18-21-7-2-4-8-24(21)22)23-10-11-25(28)26(29)17-23/h3,5-6,9-11,16-17,21,24H,2,4,7-8,12-15,18-19H2,1H3. The third-order valence-corrected chi connectivity index (χ3v) is 8.34. The lowest BCUT2D eigenvalue weighted by Gasteiger charge is -2.44. The van der Waals surface area contributed by atoms with Gasteiger partial charge in [0.15, 0.2) is 0 Å². The van der Waals surface area contributed by atoms with E-state index in [4.69, 9.17) is 23.2 Å². The summed E-state index contributed by atoms with van der Waals surface area (Å²) >= 11 is 12.6. The molecule has 3 nitrogen and oxygen atoms in total. The topological polar surface area (TPSA) is 9.72 Å². The molecular weight excluding hydrogens is 437 g/mol. The largest absolute Gasteiger partial charge is 0.368 e. The smallest absolute Gasteiger partial charge is 0.0612 e. The quantitative estimate of drug-likeness (QED) is 0.510. The third-order valence-electron chi connectivity index (χ3n) is 7.60. The van der Waals surface area contributed by atoms with Gasteiger partial charge in [-0.15, -0.1) is 0 Å². The molecule has 0 spiro atoms. The number of nitrogens with zero attached hydrogens (tertiary/aromatic N) is 3. The molecule has 0 N–H and O–H groups in total. The van der Waals surface area contributed by atoms with Gasteiger partial charge in [-0.1, -0.05) is 60.3 Å². The highest BCUT2D eigenvalue weighted by Crippen LogP contribution is 2.42. The number of likely N-dealkylation sites (N-methyl/N-ethyl adjacent to an activating group) is 1. The van der Waals surface area contributed by atoms with E-state index in [1.54, 1.807) is 5.57 Å². The van der Waals surface area contributed by atoms with Crippen molar-refractivity contribution >= 4 is 40.7 Å². The Kier molecular flexibility index (Phi) is 6.69. The fourth-order valence-electron chi connectivity index (χ4n) is 5.78. The summed E-state index contributed by atoms with van der Waals surface area (Å²) < 4.78 is 0. The Morgan fingerprint density at radius 2 is 1.66 bits per heavy atom. The first kappa shape index (κ1) is 22.1. The van der Waals surface area contributed by atoms with Crippen molar-refractivity contribution in [1.82, 2.24) is 4.90 Å². The van der Waals surface area contributed by atoms with Gasteiger partial charge in [0.2, 0.25) is 0 Å². The van der Waals surface area contributed by atoms with E-state index in [-0.39, 0.29) is 0 Å². The van der Waals surface area contributed by atoms with Crippen LogP contribution in [0.25, 0.3) is 6.08 Å². The van der Waals surface area contributed by atoms with Crippen molar-refractivity contribution in [3.05, 3.63) is 63.6 Å². The summed E-state index contributed by atoms with van der Waals surface area (Å²) in [6.45, 7) is 6.52. The molecule has 2 aromatic carbocycles. The molecule has 170 valence electrons. The highest BCUT2D eigenvalue weighted by molar-refractivity contribution is 6.42. The van der Waals surface area contributed by atoms with Crippen molar-refractivity contribution in [3.63, 3.8) is 0 Å². The molecule has 2 aliphatic heterocycles. The Balaban J connectivity index is 1.47. The summed E-state index contributed by atoms with van der Waals surface area (Å²) in [7, 11) is 2.22. The lowest BCUT2D eigenvalue weighted by molar-refractivity contribution is 0.254. The van der Waals surface area contributed by atoms with Gasteiger partial charge in [0.05, 0.1) is 10.0 Å². The van der Waals surface area contributed by atoms with Crippen LogP contribution in [0.15, 0.2) is 48.0 Å². The highest BCUT2D eigenvalue weighted by atomic mass is 35.5. The van der Waals surface area contributed by atoms with Gasteiger partial charge in [0.25, 0.3) is 0 Å². The number of piperidine rings is 1. The minimum Gasteiger partial charge on any atom is -0.368 e. The average Bonchev–Trinajstić information content (AvgIpc) is 2.82. The first-order valence-corrected chi connectivity index (χ1v) is 12.8. The molecule has 5 rings (SSSR count). The van der Waals surface area contributed by atoms with Crippen LogP contribution in [0.3, 0.4) is 0 Å². The molecule has 0 radical (unpaired) electrons. The molecule has 2 unspecified atom stereocenters. The van der Waals surface area contributed by atoms with Crippen molar-refractivity contribution in [2.45, 2.75) is 25.7 Å². The van der Waals surface area contributed by atoms with Gasteiger partial charge in [-0.05, 0) is 67.1 Å². The Morgan fingerprint density at radius 1 is 0.875 bits per heavy atom. The molecule has 3 fully saturated rings. The van der Waals surface area contributed by atoms with Crippen LogP contribution in [0.1, 0.15) is 31.2 Å². The Morgan fingerprint density at radius 3 is 2.47 bits per heavy atom. The van der Waals surface area contributed by atoms with Crippen LogP contribution in [0.2, 0.25) is 10.0 Å². The number of para-hydroxylation sites is 1. The van der Waals surface area contributed by atoms with Gasteiger partial charge in [0.1, 0.15) is 0 Å². The Hall–Kier alpha value is -1.68. The van der Waals surface area contributed by atoms with Crippen molar-refractivity contribution in [2.24, 2.45) is 11.8 Å². The fourth-order valence-corrected chi connectivity index (χ4v) is 6.07. The summed E-state index contributed by atoms with van der Waals surface area (Å²) in [6, 6.07) is 15.0. The Bertz CT molecular complexity index is 981. The van der Waals surface area contributed by atoms with E-state index in [1.165, 1.54) is 42.6 Å². The lowest BCUT2D eigenvalue weighted by Crippen LogP contribution is -2.45. The van der Waals surface area contributed by atoms with Gasteiger partial charge in [0, 0.05) is 50.6 Å². The molecule has 5 heteroatoms. The van der Waals surface area contributed by atoms with Gasteiger partial charge in [-0.3, -0.25) is 0 Å². The summed E-state index contributed by atoms with van der Waals surface area (Å²) in [5.74, 6) is 1.41. The zero-order chi connectivity index (χ0) is 22.1. The first-order valence-electron chi connectivity index (χ1n) is 12.0. The zero-order valence-electron chi connectivity index (χ0n) is 18.9. The minimum absolute atomic E-state index is 0.625. The number of halogens is 2. The SMILES string of the molecule is CN1CCN(c2ccccc2C=C2CN(c3ccc(Cl)c(Cl)c3)CC3CCCCC23)CC1. The molecule has 32 heavy (non-hydrogen) atoms. The van der Waals surface area contributed by atoms with E-state index in [1.807, 2.05) is 12.1 Å². The molecule has 2 heterocycles. The maximum atomic E-state index is 6.37. The van der Waals surface area contributed by atoms with Crippen LogP contribution in [0.4, 0.5) is 11.4 Å². The maximum Gasteiger partial charge on any atom is 0.0612 e. The van der Waals surface area contributed by atoms with Gasteiger partial charge in [-0.25, -0.2) is 0 Å². The van der Waals surface area contributed by atoms with Gasteiger partial charge < -0.3 is 14.7 Å². The van der Waals surface area contributed by atoms with Gasteiger partial charge >= 0.3 is 0 Å². The number of anilines is 2. The first-order chi connectivity index (χ1) is 15.6.